The van der Waals surface area contributed by atoms with Crippen LogP contribution in [0.2, 0.25) is 5.02 Å². The van der Waals surface area contributed by atoms with Gasteiger partial charge in [-0.3, -0.25) is 0 Å². The number of ether oxygens (including phenoxy) is 1. The average Bonchev–Trinajstić information content (AvgIpc) is 2.84. The molecule has 1 aromatic rings. The molecule has 0 amide bonds. The maximum Gasteiger partial charge on any atom is 0.126 e. The summed E-state index contributed by atoms with van der Waals surface area (Å²) in [4.78, 5) is 0. The van der Waals surface area contributed by atoms with Gasteiger partial charge in [-0.1, -0.05) is 24.4 Å². The van der Waals surface area contributed by atoms with E-state index < -0.39 is 11.7 Å². The third kappa shape index (κ3) is 2.68. The summed E-state index contributed by atoms with van der Waals surface area (Å²) >= 11 is 5.85. The Hall–Kier alpha value is -0.640. The zero-order chi connectivity index (χ0) is 13.2. The normalized spacial score (nSPS) is 20.0. The van der Waals surface area contributed by atoms with Gasteiger partial charge in [-0.05, 0) is 36.6 Å². The van der Waals surface area contributed by atoms with Crippen molar-refractivity contribution in [3.8, 4) is 0 Å². The highest BCUT2D eigenvalue weighted by atomic mass is 35.5. The molecular weight excluding hydrogens is 255 g/mol. The molecule has 0 radical (unpaired) electrons. The predicted octanol–water partition coefficient (Wildman–Crippen LogP) is 3.34. The molecular formula is C14H18ClFO2. The summed E-state index contributed by atoms with van der Waals surface area (Å²) in [5, 5.41) is 10.8. The van der Waals surface area contributed by atoms with E-state index in [1.54, 1.807) is 13.2 Å². The van der Waals surface area contributed by atoms with Crippen LogP contribution in [0.1, 0.15) is 31.2 Å². The Balaban J connectivity index is 2.15. The van der Waals surface area contributed by atoms with E-state index in [-0.39, 0.29) is 12.2 Å². The Morgan fingerprint density at radius 2 is 2.11 bits per heavy atom. The summed E-state index contributed by atoms with van der Waals surface area (Å²) in [6.07, 6.45) is 3.28. The quantitative estimate of drug-likeness (QED) is 0.911. The minimum Gasteiger partial charge on any atom is -0.390 e. The molecule has 1 atom stereocenters. The summed E-state index contributed by atoms with van der Waals surface area (Å²) in [6, 6.07) is 4.41. The van der Waals surface area contributed by atoms with Gasteiger partial charge < -0.3 is 9.84 Å². The summed E-state index contributed by atoms with van der Waals surface area (Å²) in [5.41, 5.74) is -0.0762. The highest BCUT2D eigenvalue weighted by Crippen LogP contribution is 2.37. The van der Waals surface area contributed by atoms with Crippen LogP contribution in [0, 0.1) is 5.82 Å². The van der Waals surface area contributed by atoms with E-state index in [0.717, 1.165) is 25.7 Å². The Morgan fingerprint density at radius 3 is 2.72 bits per heavy atom. The van der Waals surface area contributed by atoms with Gasteiger partial charge in [0.15, 0.2) is 0 Å². The second-order valence-corrected chi connectivity index (χ2v) is 5.37. The van der Waals surface area contributed by atoms with Gasteiger partial charge in [-0.15, -0.1) is 0 Å². The molecule has 1 fully saturated rings. The van der Waals surface area contributed by atoms with Crippen LogP contribution in [-0.2, 0) is 11.2 Å². The monoisotopic (exact) mass is 272 g/mol. The Morgan fingerprint density at radius 1 is 1.44 bits per heavy atom. The Bertz CT molecular complexity index is 416. The number of aliphatic hydroxyl groups excluding tert-OH is 1. The molecule has 1 aliphatic carbocycles. The first kappa shape index (κ1) is 13.8. The number of hydrogen-bond acceptors (Lipinski definition) is 2. The molecule has 2 rings (SSSR count). The molecule has 0 spiro atoms. The summed E-state index contributed by atoms with van der Waals surface area (Å²) in [6.45, 7) is 0. The second kappa shape index (κ2) is 5.55. The predicted molar refractivity (Wildman–Crippen MR) is 69.3 cm³/mol. The number of benzene rings is 1. The number of rotatable bonds is 4. The van der Waals surface area contributed by atoms with Gasteiger partial charge in [-0.2, -0.15) is 0 Å². The van der Waals surface area contributed by atoms with Gasteiger partial charge in [0.05, 0.1) is 11.7 Å². The molecule has 4 heteroatoms. The molecule has 1 saturated carbocycles. The van der Waals surface area contributed by atoms with Gasteiger partial charge >= 0.3 is 0 Å². The van der Waals surface area contributed by atoms with Gasteiger partial charge in [0, 0.05) is 18.6 Å². The molecule has 0 saturated heterocycles. The van der Waals surface area contributed by atoms with Crippen LogP contribution in [0.5, 0.6) is 0 Å². The lowest BCUT2D eigenvalue weighted by Gasteiger charge is -2.33. The summed E-state index contributed by atoms with van der Waals surface area (Å²) in [7, 11) is 1.61. The summed E-state index contributed by atoms with van der Waals surface area (Å²) in [5.74, 6) is -0.331. The fourth-order valence-electron chi connectivity index (χ4n) is 2.74. The highest BCUT2D eigenvalue weighted by Gasteiger charge is 2.40. The van der Waals surface area contributed by atoms with Gasteiger partial charge in [-0.25, -0.2) is 4.39 Å². The van der Waals surface area contributed by atoms with Crippen molar-refractivity contribution in [2.75, 3.05) is 7.11 Å². The molecule has 0 bridgehead atoms. The second-order valence-electron chi connectivity index (χ2n) is 4.93. The molecule has 0 aromatic heterocycles. The minimum absolute atomic E-state index is 0.236. The van der Waals surface area contributed by atoms with Crippen molar-refractivity contribution in [1.82, 2.24) is 0 Å². The van der Waals surface area contributed by atoms with Crippen LogP contribution in [0.3, 0.4) is 0 Å². The van der Waals surface area contributed by atoms with Crippen molar-refractivity contribution in [3.63, 3.8) is 0 Å². The van der Waals surface area contributed by atoms with Crippen molar-refractivity contribution in [3.05, 3.63) is 34.6 Å². The Kier molecular flexibility index (Phi) is 4.25. The molecule has 1 N–H and O–H groups in total. The maximum absolute atomic E-state index is 13.6. The van der Waals surface area contributed by atoms with E-state index in [9.17, 15) is 9.50 Å². The minimum atomic E-state index is -0.696. The molecule has 1 aromatic carbocycles. The van der Waals surface area contributed by atoms with Crippen LogP contribution in [0.4, 0.5) is 4.39 Å². The van der Waals surface area contributed by atoms with E-state index in [1.807, 2.05) is 0 Å². The first-order chi connectivity index (χ1) is 8.57. The van der Waals surface area contributed by atoms with Crippen molar-refractivity contribution in [1.29, 1.82) is 0 Å². The van der Waals surface area contributed by atoms with Crippen molar-refractivity contribution >= 4 is 11.6 Å². The third-order valence-electron chi connectivity index (χ3n) is 3.88. The number of aliphatic hydroxyl groups is 1. The van der Waals surface area contributed by atoms with Crippen molar-refractivity contribution in [2.45, 2.75) is 43.8 Å². The molecule has 1 aliphatic rings. The lowest BCUT2D eigenvalue weighted by molar-refractivity contribution is -0.0973. The first-order valence-electron chi connectivity index (χ1n) is 6.24. The lowest BCUT2D eigenvalue weighted by atomic mass is 9.89. The first-order valence-corrected chi connectivity index (χ1v) is 6.62. The topological polar surface area (TPSA) is 29.5 Å². The molecule has 18 heavy (non-hydrogen) atoms. The SMILES string of the molecule is COC1(C(O)Cc2cc(Cl)ccc2F)CCCC1. The largest absolute Gasteiger partial charge is 0.390 e. The third-order valence-corrected chi connectivity index (χ3v) is 4.12. The van der Waals surface area contributed by atoms with Crippen molar-refractivity contribution in [2.24, 2.45) is 0 Å². The van der Waals surface area contributed by atoms with E-state index >= 15 is 0 Å². The molecule has 1 unspecified atom stereocenters. The standard InChI is InChI=1S/C14H18ClFO2/c1-18-14(6-2-3-7-14)13(17)9-10-8-11(15)4-5-12(10)16/h4-5,8,13,17H,2-3,6-7,9H2,1H3. The van der Waals surface area contributed by atoms with E-state index in [0.29, 0.717) is 10.6 Å². The number of hydrogen-bond donors (Lipinski definition) is 1. The van der Waals surface area contributed by atoms with E-state index in [2.05, 4.69) is 0 Å². The van der Waals surface area contributed by atoms with Crippen LogP contribution in [0.25, 0.3) is 0 Å². The zero-order valence-electron chi connectivity index (χ0n) is 10.5. The van der Waals surface area contributed by atoms with Crippen LogP contribution < -0.4 is 0 Å². The zero-order valence-corrected chi connectivity index (χ0v) is 11.2. The summed E-state index contributed by atoms with van der Waals surface area (Å²) < 4.78 is 19.1. The van der Waals surface area contributed by atoms with Gasteiger partial charge in [0.25, 0.3) is 0 Å². The number of methoxy groups -OCH3 is 1. The van der Waals surface area contributed by atoms with Crippen LogP contribution in [0.15, 0.2) is 18.2 Å². The lowest BCUT2D eigenvalue weighted by Crippen LogP contribution is -2.43. The molecule has 100 valence electrons. The van der Waals surface area contributed by atoms with Crippen LogP contribution >= 0.6 is 11.6 Å². The van der Waals surface area contributed by atoms with Gasteiger partial charge in [0.2, 0.25) is 0 Å². The molecule has 2 nitrogen and oxygen atoms in total. The van der Waals surface area contributed by atoms with E-state index in [1.165, 1.54) is 12.1 Å². The number of halogens is 2. The Labute approximate surface area is 112 Å². The molecule has 0 heterocycles. The molecule has 0 aliphatic heterocycles. The van der Waals surface area contributed by atoms with Crippen LogP contribution in [-0.4, -0.2) is 23.9 Å². The fourth-order valence-corrected chi connectivity index (χ4v) is 2.94. The van der Waals surface area contributed by atoms with Crippen molar-refractivity contribution < 1.29 is 14.2 Å². The van der Waals surface area contributed by atoms with E-state index in [4.69, 9.17) is 16.3 Å². The highest BCUT2D eigenvalue weighted by molar-refractivity contribution is 6.30. The smallest absolute Gasteiger partial charge is 0.126 e. The fraction of sp³-hybridized carbons (Fsp3) is 0.571. The average molecular weight is 273 g/mol. The van der Waals surface area contributed by atoms with Gasteiger partial charge in [0.1, 0.15) is 5.82 Å². The maximum atomic E-state index is 13.6.